The highest BCUT2D eigenvalue weighted by Gasteiger charge is 2.24. The Hall–Kier alpha value is -0.480. The van der Waals surface area contributed by atoms with Crippen LogP contribution in [0.25, 0.3) is 0 Å². The Labute approximate surface area is 103 Å². The van der Waals surface area contributed by atoms with Gasteiger partial charge in [0.1, 0.15) is 0 Å². The van der Waals surface area contributed by atoms with Gasteiger partial charge in [0, 0.05) is 18.8 Å². The van der Waals surface area contributed by atoms with Gasteiger partial charge in [0.05, 0.1) is 6.04 Å². The highest BCUT2D eigenvalue weighted by Crippen LogP contribution is 2.17. The number of hydrogen-bond donors (Lipinski definition) is 0. The molecule has 0 N–H and O–H groups in total. The van der Waals surface area contributed by atoms with Gasteiger partial charge in [0.2, 0.25) is 5.91 Å². The quantitative estimate of drug-likeness (QED) is 0.700. The maximum absolute atomic E-state index is 12.0. The molecule has 0 bridgehead atoms. The van der Waals surface area contributed by atoms with Crippen LogP contribution in [0.15, 0.2) is 12.2 Å². The molecule has 1 saturated heterocycles. The number of allylic oxidation sites excluding steroid dienone is 1. The first-order valence-corrected chi connectivity index (χ1v) is 6.96. The second kappa shape index (κ2) is 6.97. The Morgan fingerprint density at radius 2 is 2.31 bits per heavy atom. The van der Waals surface area contributed by atoms with Gasteiger partial charge in [-0.15, -0.1) is 0 Å². The standard InChI is InChI=1S/C12H22N2OS/c1-4-6-12(15)14-7-5-8-16-10-11(14)9-13(2)3/h4,6,11H,5,7-10H2,1-3H3/b6-4+. The third kappa shape index (κ3) is 4.18. The van der Waals surface area contributed by atoms with E-state index in [0.717, 1.165) is 25.3 Å². The predicted octanol–water partition coefficient (Wildman–Crippen LogP) is 1.46. The van der Waals surface area contributed by atoms with Crippen molar-refractivity contribution in [1.29, 1.82) is 0 Å². The minimum absolute atomic E-state index is 0.164. The molecular formula is C12H22N2OS. The van der Waals surface area contributed by atoms with Gasteiger partial charge in [0.25, 0.3) is 0 Å². The van der Waals surface area contributed by atoms with Crippen LogP contribution in [0.1, 0.15) is 13.3 Å². The molecule has 16 heavy (non-hydrogen) atoms. The number of thioether (sulfide) groups is 1. The molecule has 0 spiro atoms. The number of rotatable bonds is 3. The Kier molecular flexibility index (Phi) is 5.91. The van der Waals surface area contributed by atoms with Crippen molar-refractivity contribution in [1.82, 2.24) is 9.80 Å². The van der Waals surface area contributed by atoms with E-state index in [4.69, 9.17) is 0 Å². The van der Waals surface area contributed by atoms with E-state index in [1.54, 1.807) is 6.08 Å². The van der Waals surface area contributed by atoms with Crippen molar-refractivity contribution in [2.24, 2.45) is 0 Å². The summed E-state index contributed by atoms with van der Waals surface area (Å²) >= 11 is 1.96. The molecule has 4 heteroatoms. The lowest BCUT2D eigenvalue weighted by atomic mass is 10.2. The van der Waals surface area contributed by atoms with E-state index in [1.807, 2.05) is 29.7 Å². The first kappa shape index (κ1) is 13.6. The summed E-state index contributed by atoms with van der Waals surface area (Å²) in [5.41, 5.74) is 0. The van der Waals surface area contributed by atoms with E-state index in [-0.39, 0.29) is 5.91 Å². The van der Waals surface area contributed by atoms with Crippen molar-refractivity contribution in [3.8, 4) is 0 Å². The third-order valence-corrected chi connectivity index (χ3v) is 3.80. The van der Waals surface area contributed by atoms with Crippen LogP contribution in [0.2, 0.25) is 0 Å². The molecule has 1 unspecified atom stereocenters. The van der Waals surface area contributed by atoms with Crippen LogP contribution in [-0.2, 0) is 4.79 Å². The number of carbonyl (C=O) groups excluding carboxylic acids is 1. The largest absolute Gasteiger partial charge is 0.334 e. The van der Waals surface area contributed by atoms with Gasteiger partial charge in [0.15, 0.2) is 0 Å². The maximum atomic E-state index is 12.0. The molecule has 0 aromatic heterocycles. The van der Waals surface area contributed by atoms with E-state index >= 15 is 0 Å². The molecule has 92 valence electrons. The zero-order chi connectivity index (χ0) is 12.0. The van der Waals surface area contributed by atoms with Crippen molar-refractivity contribution < 1.29 is 4.79 Å². The van der Waals surface area contributed by atoms with Crippen molar-refractivity contribution in [2.75, 3.05) is 38.7 Å². The Morgan fingerprint density at radius 3 is 2.94 bits per heavy atom. The number of likely N-dealkylation sites (N-methyl/N-ethyl adjacent to an activating group) is 1. The van der Waals surface area contributed by atoms with E-state index in [2.05, 4.69) is 19.0 Å². The normalized spacial score (nSPS) is 22.8. The van der Waals surface area contributed by atoms with Gasteiger partial charge in [-0.25, -0.2) is 0 Å². The summed E-state index contributed by atoms with van der Waals surface area (Å²) in [5, 5.41) is 0. The molecule has 0 aromatic rings. The molecule has 1 atom stereocenters. The SMILES string of the molecule is C/C=C/C(=O)N1CCCSCC1CN(C)C. The molecule has 0 aliphatic carbocycles. The van der Waals surface area contributed by atoms with Crippen molar-refractivity contribution in [2.45, 2.75) is 19.4 Å². The fraction of sp³-hybridized carbons (Fsp3) is 0.750. The fourth-order valence-electron chi connectivity index (χ4n) is 1.93. The Balaban J connectivity index is 2.68. The van der Waals surface area contributed by atoms with Crippen molar-refractivity contribution in [3.63, 3.8) is 0 Å². The van der Waals surface area contributed by atoms with Gasteiger partial charge in [-0.2, -0.15) is 11.8 Å². The average Bonchev–Trinajstić information content (AvgIpc) is 2.43. The van der Waals surface area contributed by atoms with E-state index in [9.17, 15) is 4.79 Å². The van der Waals surface area contributed by atoms with Crippen LogP contribution >= 0.6 is 11.8 Å². The van der Waals surface area contributed by atoms with Gasteiger partial charge in [-0.3, -0.25) is 4.79 Å². The molecule has 0 radical (unpaired) electrons. The summed E-state index contributed by atoms with van der Waals surface area (Å²) in [5.74, 6) is 2.39. The predicted molar refractivity (Wildman–Crippen MR) is 70.8 cm³/mol. The zero-order valence-electron chi connectivity index (χ0n) is 10.5. The summed E-state index contributed by atoms with van der Waals surface area (Å²) in [7, 11) is 4.13. The van der Waals surface area contributed by atoms with Crippen LogP contribution in [0.3, 0.4) is 0 Å². The van der Waals surface area contributed by atoms with Gasteiger partial charge in [-0.05, 0) is 39.3 Å². The van der Waals surface area contributed by atoms with Crippen LogP contribution in [-0.4, -0.2) is 60.4 Å². The molecule has 1 heterocycles. The van der Waals surface area contributed by atoms with Gasteiger partial charge >= 0.3 is 0 Å². The lowest BCUT2D eigenvalue weighted by Gasteiger charge is -2.30. The highest BCUT2D eigenvalue weighted by molar-refractivity contribution is 7.99. The summed E-state index contributed by atoms with van der Waals surface area (Å²) in [6.45, 7) is 3.75. The van der Waals surface area contributed by atoms with Crippen LogP contribution in [0, 0.1) is 0 Å². The second-order valence-electron chi connectivity index (χ2n) is 4.38. The smallest absolute Gasteiger partial charge is 0.246 e. The molecule has 1 aliphatic rings. The minimum atomic E-state index is 0.164. The fourth-order valence-corrected chi connectivity index (χ4v) is 2.99. The molecule has 1 fully saturated rings. The number of carbonyl (C=O) groups is 1. The first-order chi connectivity index (χ1) is 7.65. The van der Waals surface area contributed by atoms with Crippen LogP contribution in [0.4, 0.5) is 0 Å². The molecular weight excluding hydrogens is 220 g/mol. The topological polar surface area (TPSA) is 23.6 Å². The molecule has 1 rings (SSSR count). The van der Waals surface area contributed by atoms with E-state index < -0.39 is 0 Å². The maximum Gasteiger partial charge on any atom is 0.246 e. The minimum Gasteiger partial charge on any atom is -0.334 e. The summed E-state index contributed by atoms with van der Waals surface area (Å²) in [6, 6.07) is 0.353. The molecule has 0 aromatic carbocycles. The Morgan fingerprint density at radius 1 is 1.56 bits per heavy atom. The van der Waals surface area contributed by atoms with Crippen LogP contribution < -0.4 is 0 Å². The second-order valence-corrected chi connectivity index (χ2v) is 5.53. The third-order valence-electron chi connectivity index (χ3n) is 2.61. The van der Waals surface area contributed by atoms with E-state index in [1.165, 1.54) is 5.75 Å². The average molecular weight is 242 g/mol. The Bertz CT molecular complexity index is 253. The summed E-state index contributed by atoms with van der Waals surface area (Å²) in [6.07, 6.45) is 4.61. The highest BCUT2D eigenvalue weighted by atomic mass is 32.2. The van der Waals surface area contributed by atoms with Crippen molar-refractivity contribution in [3.05, 3.63) is 12.2 Å². The number of hydrogen-bond acceptors (Lipinski definition) is 3. The number of nitrogens with zero attached hydrogens (tertiary/aromatic N) is 2. The first-order valence-electron chi connectivity index (χ1n) is 5.81. The van der Waals surface area contributed by atoms with Crippen LogP contribution in [0.5, 0.6) is 0 Å². The molecule has 3 nitrogen and oxygen atoms in total. The lowest BCUT2D eigenvalue weighted by Crippen LogP contribution is -2.46. The van der Waals surface area contributed by atoms with E-state index in [0.29, 0.717) is 6.04 Å². The zero-order valence-corrected chi connectivity index (χ0v) is 11.3. The van der Waals surface area contributed by atoms with Gasteiger partial charge < -0.3 is 9.80 Å². The lowest BCUT2D eigenvalue weighted by molar-refractivity contribution is -0.128. The van der Waals surface area contributed by atoms with Gasteiger partial charge in [-0.1, -0.05) is 6.08 Å². The van der Waals surface area contributed by atoms with Crippen molar-refractivity contribution >= 4 is 17.7 Å². The molecule has 1 aliphatic heterocycles. The molecule has 0 saturated carbocycles. The number of amides is 1. The molecule has 1 amide bonds. The summed E-state index contributed by atoms with van der Waals surface area (Å²) in [4.78, 5) is 16.1. The monoisotopic (exact) mass is 242 g/mol. The summed E-state index contributed by atoms with van der Waals surface area (Å²) < 4.78 is 0.